The monoisotopic (exact) mass is 2090 g/mol. The van der Waals surface area contributed by atoms with Crippen LogP contribution in [0.3, 0.4) is 0 Å². The molecule has 0 saturated carbocycles. The number of nitrogens with zero attached hydrogens (tertiary/aromatic N) is 12. The van der Waals surface area contributed by atoms with Crippen molar-refractivity contribution in [3.63, 3.8) is 0 Å². The van der Waals surface area contributed by atoms with Gasteiger partial charge in [0.15, 0.2) is 0 Å². The van der Waals surface area contributed by atoms with Gasteiger partial charge < -0.3 is 261 Å². The Morgan fingerprint density at radius 2 is 0.183 bits per heavy atom. The van der Waals surface area contributed by atoms with Crippen LogP contribution in [0.4, 0.5) is 0 Å². The van der Waals surface area contributed by atoms with Crippen molar-refractivity contribution >= 4 is 122 Å². The summed E-state index contributed by atoms with van der Waals surface area (Å²) in [5.74, 6) is 0. The first-order valence-corrected chi connectivity index (χ1v) is 58.3. The summed E-state index contributed by atoms with van der Waals surface area (Å²) in [4.78, 5) is 357. The van der Waals surface area contributed by atoms with Crippen molar-refractivity contribution in [3.05, 3.63) is 0 Å². The lowest BCUT2D eigenvalue weighted by molar-refractivity contribution is -0.318. The van der Waals surface area contributed by atoms with Crippen LogP contribution in [0, 0.1) is 0 Å². The van der Waals surface area contributed by atoms with E-state index >= 15 is 0 Å². The Bertz CT molecular complexity index is 3120. The largest absolute Gasteiger partial charge is 0.810 e. The average Bonchev–Trinajstić information content (AvgIpc) is 0.883. The van der Waals surface area contributed by atoms with E-state index in [1.807, 2.05) is 0 Å². The van der Waals surface area contributed by atoms with Crippen LogP contribution in [0.15, 0.2) is 0 Å². The van der Waals surface area contributed by atoms with Crippen LogP contribution in [0.1, 0.15) is 0 Å². The van der Waals surface area contributed by atoms with Crippen LogP contribution in [0.25, 0.3) is 0 Å². The van der Waals surface area contributed by atoms with Gasteiger partial charge >= 0.3 is 30.4 Å². The highest BCUT2D eigenvalue weighted by Crippen LogP contribution is 2.42. The minimum absolute atomic E-state index is 0. The van der Waals surface area contributed by atoms with Gasteiger partial charge in [-0.15, -0.1) is 0 Å². The molecular formula is C36H112N20O48P16-16. The zero-order valence-electron chi connectivity index (χ0n) is 65.9. The fraction of sp³-hybridized carbons (Fsp3) is 1.00. The summed E-state index contributed by atoms with van der Waals surface area (Å²) in [5, 5.41) is 0. The first-order chi connectivity index (χ1) is 49.4. The maximum absolute atomic E-state index is 11.7. The van der Waals surface area contributed by atoms with E-state index in [0.29, 0.717) is 19.6 Å². The molecule has 0 aromatic carbocycles. The van der Waals surface area contributed by atoms with Gasteiger partial charge in [-0.2, -0.15) is 0 Å². The molecule has 0 aromatic rings. The summed E-state index contributed by atoms with van der Waals surface area (Å²) >= 11 is 0. The number of rotatable bonds is 62. The standard InChI is InChI=1S/2C18H52N6O24P8.8H3N/c2*25-49(26,27)11-19(3-5-21(13-51(31,32)33)7-9-23(15-53(37,38)39)16-54(40,41)42)1-2-20(12-50(28,29)30)4-6-22(14-52(34,35)36)8-10-24(17-55(43,44)45)18-56(46,47)48;;;;;;;;/h2*1-18H2,(H2,25,26,27)(H2,28,29,30)(H2,31,32,33)(H2,34,35,36)(H2,37,38,39)(H2,40,41,42)(H2,43,44,45)(H2,46,47,48);8*1H3/p-16. The minimum atomic E-state index is -5.50. The van der Waals surface area contributed by atoms with Crippen LogP contribution in [-0.4, -0.2) is 329 Å². The molecule has 68 nitrogen and oxygen atoms in total. The van der Waals surface area contributed by atoms with Crippen LogP contribution >= 0.6 is 122 Å². The molecule has 0 rings (SSSR count). The first-order valence-electron chi connectivity index (χ1n) is 30.3. The predicted molar refractivity (Wildman–Crippen MR) is 385 cm³/mol. The molecule has 0 aliphatic heterocycles. The molecule has 0 unspecified atom stereocenters. The maximum atomic E-state index is 11.7. The maximum Gasteiger partial charge on any atom is 0.339 e. The van der Waals surface area contributed by atoms with E-state index in [1.54, 1.807) is 0 Å². The van der Waals surface area contributed by atoms with Gasteiger partial charge in [-0.25, -0.2) is 0 Å². The molecule has 0 aliphatic carbocycles. The fourth-order valence-electron chi connectivity index (χ4n) is 9.58. The van der Waals surface area contributed by atoms with Gasteiger partial charge in [-0.1, -0.05) is 91.1 Å². The Balaban J connectivity index is -0.000000236. The molecule has 0 spiro atoms. The summed E-state index contributed by atoms with van der Waals surface area (Å²) in [6, 6.07) is 0. The summed E-state index contributed by atoms with van der Waals surface area (Å²) in [5.41, 5.74) is 0. The highest BCUT2D eigenvalue weighted by molar-refractivity contribution is 7.54. The van der Waals surface area contributed by atoms with Crippen molar-refractivity contribution < 1.29 is 230 Å². The van der Waals surface area contributed by atoms with E-state index < -0.39 is 353 Å². The van der Waals surface area contributed by atoms with Gasteiger partial charge in [0.1, 0.15) is 25.1 Å². The second kappa shape index (κ2) is 60.0. The Kier molecular flexibility index (Phi) is 71.0. The molecule has 0 atom stereocenters. The smallest absolute Gasteiger partial charge is 0.339 e. The second-order valence-electron chi connectivity index (χ2n) is 24.8. The third kappa shape index (κ3) is 97.1. The van der Waals surface area contributed by atoms with Crippen molar-refractivity contribution in [2.24, 2.45) is 0 Å². The van der Waals surface area contributed by atoms with E-state index in [-0.39, 0.29) is 49.2 Å². The second-order valence-corrected chi connectivity index (χ2v) is 49.3. The van der Waals surface area contributed by atoms with Gasteiger partial charge in [0.25, 0.3) is 0 Å². The van der Waals surface area contributed by atoms with Crippen molar-refractivity contribution in [2.75, 3.05) is 231 Å². The lowest BCUT2D eigenvalue weighted by Gasteiger charge is -2.42. The van der Waals surface area contributed by atoms with Crippen molar-refractivity contribution in [3.8, 4) is 0 Å². The molecule has 40 N–H and O–H groups in total. The zero-order valence-corrected chi connectivity index (χ0v) is 80.2. The van der Waals surface area contributed by atoms with Crippen LogP contribution < -0.4 is 167 Å². The number of hydrogen-bond donors (Lipinski definition) is 16. The van der Waals surface area contributed by atoms with Crippen molar-refractivity contribution in [1.82, 2.24) is 108 Å². The fourth-order valence-corrected chi connectivity index (χ4v) is 22.4. The lowest BCUT2D eigenvalue weighted by Crippen LogP contribution is -2.47. The highest BCUT2D eigenvalue weighted by atomic mass is 31.2. The quantitative estimate of drug-likeness (QED) is 0.0251. The molecule has 84 heteroatoms. The molecule has 0 aromatic heterocycles. The molecule has 0 saturated heterocycles. The van der Waals surface area contributed by atoms with E-state index in [0.717, 1.165) is 39.2 Å². The topological polar surface area (TPSA) is 1320 Å². The van der Waals surface area contributed by atoms with E-state index in [1.165, 1.54) is 0 Å². The molecular weight excluding hydrogens is 1980 g/mol. The Morgan fingerprint density at radius 1 is 0.125 bits per heavy atom. The Hall–Kier alpha value is 1.60. The molecule has 0 aliphatic rings. The Labute approximate surface area is 688 Å². The highest BCUT2D eigenvalue weighted by Gasteiger charge is 2.27. The van der Waals surface area contributed by atoms with Crippen LogP contribution in [0.2, 0.25) is 0 Å². The minimum Gasteiger partial charge on any atom is -0.810 e. The normalized spacial score (nSPS) is 13.8. The van der Waals surface area contributed by atoms with Gasteiger partial charge in [-0.05, 0) is 0 Å². The van der Waals surface area contributed by atoms with Gasteiger partial charge in [0.2, 0.25) is 0 Å². The molecule has 0 amide bonds. The summed E-state index contributed by atoms with van der Waals surface area (Å²) in [7, 11) is -85.7. The van der Waals surface area contributed by atoms with Gasteiger partial charge in [-0.3, -0.25) is 77.1 Å². The SMILES string of the molecule is O=P([O-])([O-])CN(CCN(CCN(CCN(CP(=O)([O-])[O-])CP(=O)(O)O)CP(=O)([O-])[O-])CP(=O)([O-])[O-])CCN(CCN(CP(=O)([O-])[O-])CP(=O)(O)O)CP(=O)([O-])[O-].O=P([O-])([O-])CN(CCN(CCN(CCN(CP(=O)([O-])[O-])CP(=O)(O)O)CP(=O)([O-])[O-])CP(=O)([O-])[O-])CCN(CCN(CP(=O)([O-])[O-])CP(=O)(O)O)CP(=O)([O-])[O-].[NH4+].[NH4+].[NH4+].[NH4+].[NH4+].[NH4+].[NH4+].[NH4+]. The number of hydrogen-bond acceptors (Lipinski definition) is 52. The third-order valence-electron chi connectivity index (χ3n) is 13.3. The van der Waals surface area contributed by atoms with Crippen molar-refractivity contribution in [2.45, 2.75) is 0 Å². The summed E-state index contributed by atoms with van der Waals surface area (Å²) in [6.07, 6.45) is -21.8. The van der Waals surface area contributed by atoms with E-state index in [4.69, 9.17) is 0 Å². The van der Waals surface area contributed by atoms with Crippen molar-refractivity contribution in [1.29, 1.82) is 0 Å². The number of quaternary nitrogens is 8. The molecule has 740 valence electrons. The van der Waals surface area contributed by atoms with Crippen LogP contribution in [0.5, 0.6) is 0 Å². The zero-order chi connectivity index (χ0) is 88.4. The summed E-state index contributed by atoms with van der Waals surface area (Å²) in [6.45, 7) is -13.7. The van der Waals surface area contributed by atoms with E-state index in [2.05, 4.69) is 0 Å². The molecule has 0 bridgehead atoms. The molecule has 0 fully saturated rings. The van der Waals surface area contributed by atoms with E-state index in [9.17, 15) is 230 Å². The average molecular weight is 2090 g/mol. The Morgan fingerprint density at radius 3 is 0.242 bits per heavy atom. The molecule has 120 heavy (non-hydrogen) atoms. The molecule has 0 heterocycles. The van der Waals surface area contributed by atoms with Crippen LogP contribution in [-0.2, 0) is 73.0 Å². The first kappa shape index (κ1) is 142. The predicted octanol–water partition coefficient (Wildman–Crippen LogP) is -20.4. The third-order valence-corrected chi connectivity index (χ3v) is 25.4. The van der Waals surface area contributed by atoms with Gasteiger partial charge in [0.05, 0.1) is 0 Å². The molecule has 0 radical (unpaired) electrons. The summed E-state index contributed by atoms with van der Waals surface area (Å²) < 4.78 is 183. The van der Waals surface area contributed by atoms with Gasteiger partial charge in [0, 0.05) is 206 Å². The lowest BCUT2D eigenvalue weighted by atomic mass is 10.4.